The van der Waals surface area contributed by atoms with Crippen molar-refractivity contribution < 1.29 is 18.8 Å². The first kappa shape index (κ1) is 16.2. The zero-order valence-electron chi connectivity index (χ0n) is 12.5. The van der Waals surface area contributed by atoms with Crippen LogP contribution in [0.4, 0.5) is 14.9 Å². The predicted molar refractivity (Wildman–Crippen MR) is 77.0 cm³/mol. The highest BCUT2D eigenvalue weighted by Crippen LogP contribution is 2.24. The Morgan fingerprint density at radius 1 is 1.59 bits per heavy atom. The minimum absolute atomic E-state index is 0.00388. The minimum atomic E-state index is -0.723. The van der Waals surface area contributed by atoms with Crippen LogP contribution in [0.25, 0.3) is 0 Å². The molecule has 1 fully saturated rings. The van der Waals surface area contributed by atoms with Crippen molar-refractivity contribution in [1.82, 2.24) is 10.2 Å². The van der Waals surface area contributed by atoms with Gasteiger partial charge in [-0.15, -0.1) is 0 Å². The van der Waals surface area contributed by atoms with Gasteiger partial charge < -0.3 is 15.0 Å². The van der Waals surface area contributed by atoms with E-state index in [1.165, 1.54) is 6.92 Å². The van der Waals surface area contributed by atoms with E-state index >= 15 is 0 Å². The monoisotopic (exact) mass is 311 g/mol. The normalized spacial score (nSPS) is 18.1. The van der Waals surface area contributed by atoms with Gasteiger partial charge in [0.2, 0.25) is 0 Å². The van der Waals surface area contributed by atoms with Crippen LogP contribution in [0.15, 0.2) is 12.1 Å². The van der Waals surface area contributed by atoms with Crippen molar-refractivity contribution in [3.63, 3.8) is 0 Å². The maximum absolute atomic E-state index is 13.4. The lowest BCUT2D eigenvalue weighted by molar-refractivity contribution is -0.385. The molecule has 0 spiro atoms. The second kappa shape index (κ2) is 6.69. The Hall–Kier alpha value is -2.22. The van der Waals surface area contributed by atoms with Crippen molar-refractivity contribution in [1.29, 1.82) is 0 Å². The highest BCUT2D eigenvalue weighted by atomic mass is 19.1. The lowest BCUT2D eigenvalue weighted by atomic mass is 10.1. The summed E-state index contributed by atoms with van der Waals surface area (Å²) < 4.78 is 18.6. The predicted octanol–water partition coefficient (Wildman–Crippen LogP) is 1.97. The van der Waals surface area contributed by atoms with Gasteiger partial charge in [0.05, 0.1) is 11.0 Å². The number of benzene rings is 1. The first-order chi connectivity index (χ1) is 10.4. The third kappa shape index (κ3) is 3.51. The van der Waals surface area contributed by atoms with E-state index in [2.05, 4.69) is 5.32 Å². The summed E-state index contributed by atoms with van der Waals surface area (Å²) in [7, 11) is 0. The van der Waals surface area contributed by atoms with E-state index in [9.17, 15) is 19.3 Å². The van der Waals surface area contributed by atoms with Crippen LogP contribution in [0.3, 0.4) is 0 Å². The van der Waals surface area contributed by atoms with Crippen LogP contribution in [0, 0.1) is 22.9 Å². The zero-order valence-corrected chi connectivity index (χ0v) is 12.5. The molecule has 0 radical (unpaired) electrons. The number of ether oxygens (including phenoxy) is 1. The molecule has 1 aliphatic rings. The van der Waals surface area contributed by atoms with Crippen molar-refractivity contribution in [2.45, 2.75) is 26.5 Å². The van der Waals surface area contributed by atoms with Crippen molar-refractivity contribution in [3.8, 4) is 0 Å². The molecule has 1 unspecified atom stereocenters. The van der Waals surface area contributed by atoms with Crippen molar-refractivity contribution >= 4 is 11.8 Å². The molecular weight excluding hydrogens is 293 g/mol. The maximum atomic E-state index is 13.4. The fourth-order valence-electron chi connectivity index (χ4n) is 2.39. The van der Waals surface area contributed by atoms with Crippen molar-refractivity contribution in [2.75, 3.05) is 19.6 Å². The Morgan fingerprint density at radius 3 is 2.95 bits per heavy atom. The number of amides is 1. The Bertz CT molecular complexity index is 594. The first-order valence-corrected chi connectivity index (χ1v) is 6.97. The van der Waals surface area contributed by atoms with E-state index in [4.69, 9.17) is 4.74 Å². The highest BCUT2D eigenvalue weighted by Gasteiger charge is 2.25. The van der Waals surface area contributed by atoms with Gasteiger partial charge in [-0.25, -0.2) is 9.18 Å². The molecule has 0 aliphatic carbocycles. The van der Waals surface area contributed by atoms with Gasteiger partial charge in [0, 0.05) is 36.8 Å². The topological polar surface area (TPSA) is 84.7 Å². The molecule has 0 bridgehead atoms. The van der Waals surface area contributed by atoms with Crippen molar-refractivity contribution in [3.05, 3.63) is 39.2 Å². The second-order valence-electron chi connectivity index (χ2n) is 5.27. The quantitative estimate of drug-likeness (QED) is 0.681. The molecule has 1 saturated heterocycles. The summed E-state index contributed by atoms with van der Waals surface area (Å²) in [5.41, 5.74) is 0.275. The van der Waals surface area contributed by atoms with E-state index in [0.29, 0.717) is 30.8 Å². The molecule has 1 aliphatic heterocycles. The van der Waals surface area contributed by atoms with Crippen LogP contribution in [0.5, 0.6) is 0 Å². The molecule has 2 rings (SSSR count). The number of carbonyl (C=O) groups is 1. The fourth-order valence-corrected chi connectivity index (χ4v) is 2.39. The standard InChI is InChI=1S/C14H18FN3O4/c1-9-7-16-3-4-17(9)14(19)22-8-11-5-12(15)6-13(10(11)2)18(20)21/h5-6,9,16H,3-4,7-8H2,1-2H3. The molecule has 7 nitrogen and oxygen atoms in total. The summed E-state index contributed by atoms with van der Waals surface area (Å²) >= 11 is 0. The highest BCUT2D eigenvalue weighted by molar-refractivity contribution is 5.68. The average molecular weight is 311 g/mol. The summed E-state index contributed by atoms with van der Waals surface area (Å²) in [6, 6.07) is 2.01. The van der Waals surface area contributed by atoms with Crippen molar-refractivity contribution in [2.24, 2.45) is 0 Å². The molecular formula is C14H18FN3O4. The first-order valence-electron chi connectivity index (χ1n) is 6.97. The summed E-state index contributed by atoms with van der Waals surface area (Å²) in [5, 5.41) is 14.0. The number of nitrogens with zero attached hydrogens (tertiary/aromatic N) is 2. The van der Waals surface area contributed by atoms with E-state index < -0.39 is 16.8 Å². The van der Waals surface area contributed by atoms with Crippen LogP contribution >= 0.6 is 0 Å². The van der Waals surface area contributed by atoms with E-state index in [1.54, 1.807) is 4.90 Å². The molecule has 1 aromatic rings. The van der Waals surface area contributed by atoms with Gasteiger partial charge in [0.15, 0.2) is 0 Å². The molecule has 8 heteroatoms. The van der Waals surface area contributed by atoms with Gasteiger partial charge in [-0.1, -0.05) is 0 Å². The van der Waals surface area contributed by atoms with Gasteiger partial charge in [0.25, 0.3) is 5.69 Å². The SMILES string of the molecule is Cc1c(COC(=O)N2CCNCC2C)cc(F)cc1[N+](=O)[O-]. The summed E-state index contributed by atoms with van der Waals surface area (Å²) in [4.78, 5) is 23.8. The molecule has 22 heavy (non-hydrogen) atoms. The molecule has 1 N–H and O–H groups in total. The molecule has 1 atom stereocenters. The third-order valence-corrected chi connectivity index (χ3v) is 3.74. The van der Waals surface area contributed by atoms with Gasteiger partial charge in [0.1, 0.15) is 12.4 Å². The fraction of sp³-hybridized carbons (Fsp3) is 0.500. The number of piperazine rings is 1. The number of hydrogen-bond acceptors (Lipinski definition) is 5. The Morgan fingerprint density at radius 2 is 2.32 bits per heavy atom. The minimum Gasteiger partial charge on any atom is -0.445 e. The maximum Gasteiger partial charge on any atom is 0.410 e. The van der Waals surface area contributed by atoms with Gasteiger partial charge in [-0.05, 0) is 19.9 Å². The Balaban J connectivity index is 2.08. The summed E-state index contributed by atoms with van der Waals surface area (Å²) in [6.45, 7) is 5.10. The number of nitro benzene ring substituents is 1. The number of carbonyl (C=O) groups excluding carboxylic acids is 1. The van der Waals surface area contributed by atoms with Crippen LogP contribution in [0.1, 0.15) is 18.1 Å². The molecule has 1 aromatic carbocycles. The number of rotatable bonds is 3. The Labute approximate surface area is 127 Å². The van der Waals surface area contributed by atoms with Crippen LogP contribution in [-0.2, 0) is 11.3 Å². The number of halogens is 1. The van der Waals surface area contributed by atoms with E-state index in [0.717, 1.165) is 12.1 Å². The number of nitrogens with one attached hydrogen (secondary N) is 1. The third-order valence-electron chi connectivity index (χ3n) is 3.74. The second-order valence-corrected chi connectivity index (χ2v) is 5.27. The van der Waals surface area contributed by atoms with E-state index in [-0.39, 0.29) is 18.3 Å². The lowest BCUT2D eigenvalue weighted by Gasteiger charge is -2.33. The lowest BCUT2D eigenvalue weighted by Crippen LogP contribution is -2.52. The molecule has 0 saturated carbocycles. The summed E-state index contributed by atoms with van der Waals surface area (Å²) in [5.74, 6) is -0.723. The molecule has 0 aromatic heterocycles. The number of hydrogen-bond donors (Lipinski definition) is 1. The van der Waals surface area contributed by atoms with Gasteiger partial charge in [-0.3, -0.25) is 10.1 Å². The average Bonchev–Trinajstić information content (AvgIpc) is 2.47. The zero-order chi connectivity index (χ0) is 16.3. The van der Waals surface area contributed by atoms with Gasteiger partial charge >= 0.3 is 6.09 Å². The summed E-state index contributed by atoms with van der Waals surface area (Å²) in [6.07, 6.45) is -0.500. The van der Waals surface area contributed by atoms with Crippen LogP contribution < -0.4 is 5.32 Å². The number of nitro groups is 1. The largest absolute Gasteiger partial charge is 0.445 e. The van der Waals surface area contributed by atoms with E-state index in [1.807, 2.05) is 6.92 Å². The van der Waals surface area contributed by atoms with Crippen LogP contribution in [-0.4, -0.2) is 41.6 Å². The Kier molecular flexibility index (Phi) is 4.92. The van der Waals surface area contributed by atoms with Crippen LogP contribution in [0.2, 0.25) is 0 Å². The molecule has 120 valence electrons. The molecule has 1 amide bonds. The van der Waals surface area contributed by atoms with Gasteiger partial charge in [-0.2, -0.15) is 0 Å². The molecule has 1 heterocycles. The smallest absolute Gasteiger partial charge is 0.410 e.